The lowest BCUT2D eigenvalue weighted by Crippen LogP contribution is -2.16. The van der Waals surface area contributed by atoms with Gasteiger partial charge in [-0.05, 0) is 54.1 Å². The van der Waals surface area contributed by atoms with E-state index in [0.29, 0.717) is 22.4 Å². The Bertz CT molecular complexity index is 907. The average Bonchev–Trinajstić information content (AvgIpc) is 3.17. The predicted octanol–water partition coefficient (Wildman–Crippen LogP) is 4.93. The summed E-state index contributed by atoms with van der Waals surface area (Å²) in [5.41, 5.74) is 4.04. The highest BCUT2D eigenvalue weighted by Crippen LogP contribution is 2.22. The zero-order valence-corrected chi connectivity index (χ0v) is 15.0. The SMILES string of the molecule is O=C(N/N=C\c1ccc(OCc2ccc(Cl)cc2Cl)cc1)c1ccco1. The number of carbonyl (C=O) groups excluding carboxylic acids is 1. The first-order valence-corrected chi connectivity index (χ1v) is 8.41. The number of amides is 1. The molecule has 0 aliphatic heterocycles. The third kappa shape index (κ3) is 4.88. The molecule has 7 heteroatoms. The standard InChI is InChI=1S/C19H14Cl2N2O3/c20-15-6-5-14(17(21)10-15)12-26-16-7-3-13(4-8-16)11-22-23-19(24)18-2-1-9-25-18/h1-11H,12H2,(H,23,24)/b22-11-. The summed E-state index contributed by atoms with van der Waals surface area (Å²) in [6, 6.07) is 15.7. The first-order valence-electron chi connectivity index (χ1n) is 7.65. The molecule has 0 unspecified atom stereocenters. The van der Waals surface area contributed by atoms with Crippen molar-refractivity contribution in [3.8, 4) is 5.75 Å². The van der Waals surface area contributed by atoms with E-state index >= 15 is 0 Å². The maximum atomic E-state index is 11.7. The third-order valence-electron chi connectivity index (χ3n) is 3.41. The molecule has 0 saturated carbocycles. The lowest BCUT2D eigenvalue weighted by molar-refractivity contribution is 0.0927. The van der Waals surface area contributed by atoms with Crippen molar-refractivity contribution in [2.45, 2.75) is 6.61 Å². The number of ether oxygens (including phenoxy) is 1. The number of halogens is 2. The van der Waals surface area contributed by atoms with Crippen LogP contribution in [0.15, 0.2) is 70.4 Å². The van der Waals surface area contributed by atoms with E-state index in [4.69, 9.17) is 32.4 Å². The molecular weight excluding hydrogens is 375 g/mol. The Hall–Kier alpha value is -2.76. The minimum absolute atomic E-state index is 0.201. The van der Waals surface area contributed by atoms with Gasteiger partial charge in [-0.1, -0.05) is 29.3 Å². The van der Waals surface area contributed by atoms with Gasteiger partial charge in [0, 0.05) is 15.6 Å². The maximum absolute atomic E-state index is 11.7. The van der Waals surface area contributed by atoms with Crippen molar-refractivity contribution in [1.82, 2.24) is 5.43 Å². The number of furan rings is 1. The van der Waals surface area contributed by atoms with Gasteiger partial charge in [0.1, 0.15) is 12.4 Å². The van der Waals surface area contributed by atoms with Crippen LogP contribution in [-0.2, 0) is 6.61 Å². The monoisotopic (exact) mass is 388 g/mol. The molecule has 3 aromatic rings. The summed E-state index contributed by atoms with van der Waals surface area (Å²) >= 11 is 12.0. The highest BCUT2D eigenvalue weighted by Gasteiger charge is 2.06. The molecule has 0 saturated heterocycles. The minimum Gasteiger partial charge on any atom is -0.489 e. The molecule has 1 aromatic heterocycles. The van der Waals surface area contributed by atoms with Crippen molar-refractivity contribution in [1.29, 1.82) is 0 Å². The van der Waals surface area contributed by atoms with Crippen molar-refractivity contribution >= 4 is 35.3 Å². The maximum Gasteiger partial charge on any atom is 0.307 e. The van der Waals surface area contributed by atoms with Crippen molar-refractivity contribution < 1.29 is 13.9 Å². The van der Waals surface area contributed by atoms with Crippen LogP contribution in [0.1, 0.15) is 21.7 Å². The highest BCUT2D eigenvalue weighted by atomic mass is 35.5. The molecule has 5 nitrogen and oxygen atoms in total. The first kappa shape index (κ1) is 18.0. The first-order chi connectivity index (χ1) is 12.6. The summed E-state index contributed by atoms with van der Waals surface area (Å²) in [6.45, 7) is 0.336. The molecule has 3 rings (SSSR count). The lowest BCUT2D eigenvalue weighted by atomic mass is 10.2. The van der Waals surface area contributed by atoms with Crippen molar-refractivity contribution in [2.24, 2.45) is 5.10 Å². The van der Waals surface area contributed by atoms with E-state index in [0.717, 1.165) is 11.1 Å². The molecule has 0 aliphatic rings. The summed E-state index contributed by atoms with van der Waals surface area (Å²) < 4.78 is 10.7. The van der Waals surface area contributed by atoms with Crippen LogP contribution in [0.3, 0.4) is 0 Å². The van der Waals surface area contributed by atoms with E-state index in [9.17, 15) is 4.79 Å². The fraction of sp³-hybridized carbons (Fsp3) is 0.0526. The average molecular weight is 389 g/mol. The zero-order valence-electron chi connectivity index (χ0n) is 13.5. The van der Waals surface area contributed by atoms with E-state index in [1.807, 2.05) is 18.2 Å². The molecule has 26 heavy (non-hydrogen) atoms. The van der Waals surface area contributed by atoms with Crippen LogP contribution in [0.5, 0.6) is 5.75 Å². The van der Waals surface area contributed by atoms with Crippen molar-refractivity contribution in [3.05, 3.63) is 87.8 Å². The van der Waals surface area contributed by atoms with Gasteiger partial charge in [-0.2, -0.15) is 5.10 Å². The van der Waals surface area contributed by atoms with Crippen LogP contribution >= 0.6 is 23.2 Å². The largest absolute Gasteiger partial charge is 0.489 e. The van der Waals surface area contributed by atoms with E-state index in [-0.39, 0.29) is 5.76 Å². The smallest absolute Gasteiger partial charge is 0.307 e. The Kier molecular flexibility index (Phi) is 5.94. The number of hydrogen-bond donors (Lipinski definition) is 1. The van der Waals surface area contributed by atoms with Crippen LogP contribution in [0.4, 0.5) is 0 Å². The molecule has 2 aromatic carbocycles. The van der Waals surface area contributed by atoms with E-state index < -0.39 is 5.91 Å². The van der Waals surface area contributed by atoms with Gasteiger partial charge in [0.15, 0.2) is 5.76 Å². The van der Waals surface area contributed by atoms with E-state index in [1.165, 1.54) is 12.5 Å². The fourth-order valence-corrected chi connectivity index (χ4v) is 2.54. The third-order valence-corrected chi connectivity index (χ3v) is 4.00. The number of nitrogens with one attached hydrogen (secondary N) is 1. The van der Waals surface area contributed by atoms with Crippen LogP contribution in [0.25, 0.3) is 0 Å². The molecule has 1 heterocycles. The van der Waals surface area contributed by atoms with Crippen LogP contribution in [0.2, 0.25) is 10.0 Å². The Balaban J connectivity index is 1.53. The molecule has 0 bridgehead atoms. The Morgan fingerprint density at radius 1 is 1.15 bits per heavy atom. The van der Waals surface area contributed by atoms with Gasteiger partial charge in [-0.3, -0.25) is 4.79 Å². The quantitative estimate of drug-likeness (QED) is 0.480. The summed E-state index contributed by atoms with van der Waals surface area (Å²) in [6.07, 6.45) is 2.95. The highest BCUT2D eigenvalue weighted by molar-refractivity contribution is 6.35. The van der Waals surface area contributed by atoms with Gasteiger partial charge < -0.3 is 9.15 Å². The number of hydrogen-bond acceptors (Lipinski definition) is 4. The molecule has 0 fully saturated rings. The van der Waals surface area contributed by atoms with Gasteiger partial charge in [0.2, 0.25) is 0 Å². The Labute approximate surface area is 160 Å². The van der Waals surface area contributed by atoms with Gasteiger partial charge in [0.25, 0.3) is 0 Å². The molecule has 132 valence electrons. The summed E-state index contributed by atoms with van der Waals surface area (Å²) in [5.74, 6) is 0.477. The molecule has 0 radical (unpaired) electrons. The zero-order chi connectivity index (χ0) is 18.4. The molecular formula is C19H14Cl2N2O3. The van der Waals surface area contributed by atoms with E-state index in [1.54, 1.807) is 36.4 Å². The normalized spacial score (nSPS) is 10.8. The number of benzene rings is 2. The van der Waals surface area contributed by atoms with Gasteiger partial charge in [-0.25, -0.2) is 5.43 Å². The van der Waals surface area contributed by atoms with Crippen molar-refractivity contribution in [3.63, 3.8) is 0 Å². The summed E-state index contributed by atoms with van der Waals surface area (Å²) in [5, 5.41) is 5.03. The number of nitrogens with zero attached hydrogens (tertiary/aromatic N) is 1. The van der Waals surface area contributed by atoms with Crippen LogP contribution in [0, 0.1) is 0 Å². The molecule has 0 aliphatic carbocycles. The second kappa shape index (κ2) is 8.56. The molecule has 0 spiro atoms. The van der Waals surface area contributed by atoms with Crippen molar-refractivity contribution in [2.75, 3.05) is 0 Å². The Morgan fingerprint density at radius 2 is 1.96 bits per heavy atom. The summed E-state index contributed by atoms with van der Waals surface area (Å²) in [7, 11) is 0. The van der Waals surface area contributed by atoms with E-state index in [2.05, 4.69) is 10.5 Å². The topological polar surface area (TPSA) is 63.8 Å². The number of hydrazone groups is 1. The molecule has 0 atom stereocenters. The molecule has 1 amide bonds. The Morgan fingerprint density at radius 3 is 2.65 bits per heavy atom. The molecule has 1 N–H and O–H groups in total. The second-order valence-corrected chi connectivity index (χ2v) is 6.11. The number of carbonyl (C=O) groups is 1. The minimum atomic E-state index is -0.411. The summed E-state index contributed by atoms with van der Waals surface area (Å²) in [4.78, 5) is 11.7. The van der Waals surface area contributed by atoms with Gasteiger partial charge >= 0.3 is 5.91 Å². The van der Waals surface area contributed by atoms with Crippen LogP contribution in [-0.4, -0.2) is 12.1 Å². The lowest BCUT2D eigenvalue weighted by Gasteiger charge is -2.08. The second-order valence-electron chi connectivity index (χ2n) is 5.27. The van der Waals surface area contributed by atoms with Gasteiger partial charge in [-0.15, -0.1) is 0 Å². The predicted molar refractivity (Wildman–Crippen MR) is 101 cm³/mol. The number of rotatable bonds is 6. The van der Waals surface area contributed by atoms with Gasteiger partial charge in [0.05, 0.1) is 12.5 Å². The fourth-order valence-electron chi connectivity index (χ4n) is 2.08. The van der Waals surface area contributed by atoms with Crippen LogP contribution < -0.4 is 10.2 Å².